The Kier molecular flexibility index (Phi) is 5.85. The van der Waals surface area contributed by atoms with Gasteiger partial charge in [0, 0.05) is 23.7 Å². The van der Waals surface area contributed by atoms with E-state index in [1.165, 1.54) is 4.31 Å². The first kappa shape index (κ1) is 18.3. The molecular formula is C17H19ClN2O3S. The number of rotatable bonds is 6. The first-order valence-electron chi connectivity index (χ1n) is 7.37. The van der Waals surface area contributed by atoms with Crippen LogP contribution in [0.4, 0.5) is 11.4 Å². The van der Waals surface area contributed by atoms with Crippen LogP contribution in [0.2, 0.25) is 5.02 Å². The number of anilines is 2. The largest absolute Gasteiger partial charge is 0.326 e. The number of halogens is 1. The Morgan fingerprint density at radius 3 is 2.42 bits per heavy atom. The van der Waals surface area contributed by atoms with Gasteiger partial charge in [0.1, 0.15) is 0 Å². The minimum absolute atomic E-state index is 0.0356. The first-order valence-corrected chi connectivity index (χ1v) is 9.59. The fourth-order valence-electron chi connectivity index (χ4n) is 2.28. The minimum Gasteiger partial charge on any atom is -0.326 e. The van der Waals surface area contributed by atoms with Crippen LogP contribution in [-0.2, 0) is 14.8 Å². The summed E-state index contributed by atoms with van der Waals surface area (Å²) < 4.78 is 25.4. The molecule has 0 aromatic heterocycles. The lowest BCUT2D eigenvalue weighted by atomic mass is 10.2. The maximum Gasteiger partial charge on any atom is 0.232 e. The van der Waals surface area contributed by atoms with Crippen LogP contribution >= 0.6 is 11.6 Å². The third kappa shape index (κ3) is 4.72. The van der Waals surface area contributed by atoms with Gasteiger partial charge in [0.05, 0.1) is 11.9 Å². The third-order valence-corrected chi connectivity index (χ3v) is 5.10. The fourth-order valence-corrected chi connectivity index (χ4v) is 3.43. The first-order chi connectivity index (χ1) is 11.3. The van der Waals surface area contributed by atoms with Crippen molar-refractivity contribution >= 4 is 38.9 Å². The SMILES string of the molecule is Cc1c(Cl)cccc1N(CCC(=O)Nc1ccccc1)S(C)(=O)=O. The van der Waals surface area contributed by atoms with E-state index in [-0.39, 0.29) is 18.9 Å². The van der Waals surface area contributed by atoms with Gasteiger partial charge in [0.25, 0.3) is 0 Å². The second-order valence-corrected chi connectivity index (χ2v) is 7.70. The van der Waals surface area contributed by atoms with Crippen LogP contribution in [0, 0.1) is 6.92 Å². The number of hydrogen-bond donors (Lipinski definition) is 1. The van der Waals surface area contributed by atoms with E-state index in [1.54, 1.807) is 37.3 Å². The van der Waals surface area contributed by atoms with E-state index in [4.69, 9.17) is 11.6 Å². The molecule has 0 aliphatic carbocycles. The van der Waals surface area contributed by atoms with E-state index in [1.807, 2.05) is 18.2 Å². The zero-order chi connectivity index (χ0) is 17.7. The van der Waals surface area contributed by atoms with Gasteiger partial charge >= 0.3 is 0 Å². The minimum atomic E-state index is -3.53. The van der Waals surface area contributed by atoms with E-state index in [0.717, 1.165) is 6.26 Å². The molecular weight excluding hydrogens is 348 g/mol. The second-order valence-electron chi connectivity index (χ2n) is 5.38. The van der Waals surface area contributed by atoms with Gasteiger partial charge in [-0.15, -0.1) is 0 Å². The number of para-hydroxylation sites is 1. The van der Waals surface area contributed by atoms with Gasteiger partial charge < -0.3 is 5.32 Å². The highest BCUT2D eigenvalue weighted by molar-refractivity contribution is 7.92. The van der Waals surface area contributed by atoms with Crippen LogP contribution in [-0.4, -0.2) is 27.1 Å². The summed E-state index contributed by atoms with van der Waals surface area (Å²) in [6.45, 7) is 1.79. The molecule has 24 heavy (non-hydrogen) atoms. The monoisotopic (exact) mass is 366 g/mol. The molecule has 0 heterocycles. The molecule has 0 bridgehead atoms. The van der Waals surface area contributed by atoms with Crippen molar-refractivity contribution in [3.8, 4) is 0 Å². The zero-order valence-corrected chi connectivity index (χ0v) is 15.1. The number of nitrogens with zero attached hydrogens (tertiary/aromatic N) is 1. The summed E-state index contributed by atoms with van der Waals surface area (Å²) in [6.07, 6.45) is 1.15. The van der Waals surface area contributed by atoms with Gasteiger partial charge in [-0.1, -0.05) is 35.9 Å². The molecule has 1 N–H and O–H groups in total. The van der Waals surface area contributed by atoms with Crippen molar-refractivity contribution in [1.82, 2.24) is 0 Å². The average Bonchev–Trinajstić information content (AvgIpc) is 2.51. The van der Waals surface area contributed by atoms with Crippen molar-refractivity contribution in [3.05, 3.63) is 59.1 Å². The number of sulfonamides is 1. The molecule has 2 aromatic carbocycles. The zero-order valence-electron chi connectivity index (χ0n) is 13.5. The van der Waals surface area contributed by atoms with Crippen LogP contribution < -0.4 is 9.62 Å². The fraction of sp³-hybridized carbons (Fsp3) is 0.235. The van der Waals surface area contributed by atoms with Crippen LogP contribution in [0.5, 0.6) is 0 Å². The topological polar surface area (TPSA) is 66.5 Å². The molecule has 1 amide bonds. The van der Waals surface area contributed by atoms with Crippen LogP contribution in [0.1, 0.15) is 12.0 Å². The van der Waals surface area contributed by atoms with E-state index >= 15 is 0 Å². The highest BCUT2D eigenvalue weighted by Gasteiger charge is 2.21. The maximum absolute atomic E-state index is 12.1. The van der Waals surface area contributed by atoms with Gasteiger partial charge in [0.15, 0.2) is 0 Å². The average molecular weight is 367 g/mol. The van der Waals surface area contributed by atoms with E-state index < -0.39 is 10.0 Å². The molecule has 7 heteroatoms. The third-order valence-electron chi connectivity index (χ3n) is 3.51. The number of carbonyl (C=O) groups excluding carboxylic acids is 1. The summed E-state index contributed by atoms with van der Waals surface area (Å²) in [4.78, 5) is 12.1. The Morgan fingerprint density at radius 2 is 1.79 bits per heavy atom. The standard InChI is InChI=1S/C17H19ClN2O3S/c1-13-15(18)9-6-10-16(13)20(24(2,22)23)12-11-17(21)19-14-7-4-3-5-8-14/h3-10H,11-12H2,1-2H3,(H,19,21). The molecule has 128 valence electrons. The predicted octanol–water partition coefficient (Wildman–Crippen LogP) is 3.44. The highest BCUT2D eigenvalue weighted by atomic mass is 35.5. The van der Waals surface area contributed by atoms with Crippen molar-refractivity contribution in [3.63, 3.8) is 0 Å². The Hall–Kier alpha value is -2.05. The van der Waals surface area contributed by atoms with Crippen LogP contribution in [0.3, 0.4) is 0 Å². The number of amides is 1. The molecule has 0 saturated carbocycles. The van der Waals surface area contributed by atoms with Gasteiger partial charge in [-0.25, -0.2) is 8.42 Å². The van der Waals surface area contributed by atoms with E-state index in [0.29, 0.717) is 22.0 Å². The molecule has 0 aliphatic heterocycles. The summed E-state index contributed by atoms with van der Waals surface area (Å²) >= 11 is 6.08. The molecule has 0 radical (unpaired) electrons. The van der Waals surface area contributed by atoms with Gasteiger partial charge in [-0.05, 0) is 36.8 Å². The lowest BCUT2D eigenvalue weighted by Crippen LogP contribution is -2.33. The van der Waals surface area contributed by atoms with E-state index in [2.05, 4.69) is 5.32 Å². The Morgan fingerprint density at radius 1 is 1.12 bits per heavy atom. The van der Waals surface area contributed by atoms with Crippen LogP contribution in [0.25, 0.3) is 0 Å². The van der Waals surface area contributed by atoms with Crippen molar-refractivity contribution in [2.24, 2.45) is 0 Å². The predicted molar refractivity (Wildman–Crippen MR) is 98.1 cm³/mol. The van der Waals surface area contributed by atoms with Crippen LogP contribution in [0.15, 0.2) is 48.5 Å². The molecule has 0 spiro atoms. The Balaban J connectivity index is 2.13. The quantitative estimate of drug-likeness (QED) is 0.851. The smallest absolute Gasteiger partial charge is 0.232 e. The van der Waals surface area contributed by atoms with Crippen molar-refractivity contribution < 1.29 is 13.2 Å². The second kappa shape index (κ2) is 7.68. The number of nitrogens with one attached hydrogen (secondary N) is 1. The molecule has 5 nitrogen and oxygen atoms in total. The van der Waals surface area contributed by atoms with Crippen molar-refractivity contribution in [2.45, 2.75) is 13.3 Å². The van der Waals surface area contributed by atoms with Crippen molar-refractivity contribution in [1.29, 1.82) is 0 Å². The maximum atomic E-state index is 12.1. The molecule has 0 unspecified atom stereocenters. The van der Waals surface area contributed by atoms with E-state index in [9.17, 15) is 13.2 Å². The normalized spacial score (nSPS) is 11.1. The molecule has 2 rings (SSSR count). The lowest BCUT2D eigenvalue weighted by molar-refractivity contribution is -0.116. The summed E-state index contributed by atoms with van der Waals surface area (Å²) in [7, 11) is -3.53. The summed E-state index contributed by atoms with van der Waals surface area (Å²) in [5, 5.41) is 3.22. The Labute approximate surface area is 147 Å². The van der Waals surface area contributed by atoms with Gasteiger partial charge in [0.2, 0.25) is 15.9 Å². The van der Waals surface area contributed by atoms with Gasteiger partial charge in [-0.3, -0.25) is 9.10 Å². The molecule has 0 saturated heterocycles. The Bertz CT molecular complexity index is 823. The number of carbonyl (C=O) groups is 1. The number of benzene rings is 2. The van der Waals surface area contributed by atoms with Gasteiger partial charge in [-0.2, -0.15) is 0 Å². The molecule has 0 atom stereocenters. The van der Waals surface area contributed by atoms with Crippen molar-refractivity contribution in [2.75, 3.05) is 22.4 Å². The summed E-state index contributed by atoms with van der Waals surface area (Å²) in [5.41, 5.74) is 1.82. The molecule has 0 aliphatic rings. The molecule has 2 aromatic rings. The number of hydrogen-bond acceptors (Lipinski definition) is 3. The lowest BCUT2D eigenvalue weighted by Gasteiger charge is -2.24. The molecule has 0 fully saturated rings. The summed E-state index contributed by atoms with van der Waals surface area (Å²) in [5.74, 6) is -0.255. The summed E-state index contributed by atoms with van der Waals surface area (Å²) in [6, 6.07) is 14.1. The highest BCUT2D eigenvalue weighted by Crippen LogP contribution is 2.28.